The van der Waals surface area contributed by atoms with Gasteiger partial charge in [0.05, 0.1) is 23.0 Å². The summed E-state index contributed by atoms with van der Waals surface area (Å²) in [5.41, 5.74) is 4.44. The molecule has 2 heterocycles. The second kappa shape index (κ2) is 9.90. The minimum absolute atomic E-state index is 0.229. The van der Waals surface area contributed by atoms with E-state index in [1.165, 1.54) is 0 Å². The van der Waals surface area contributed by atoms with E-state index in [2.05, 4.69) is 11.1 Å². The van der Waals surface area contributed by atoms with Gasteiger partial charge in [-0.05, 0) is 42.0 Å². The second-order valence-electron chi connectivity index (χ2n) is 7.96. The lowest BCUT2D eigenvalue weighted by molar-refractivity contribution is 0.306. The summed E-state index contributed by atoms with van der Waals surface area (Å²) in [4.78, 5) is 18.2. The molecule has 0 spiro atoms. The first kappa shape index (κ1) is 21.9. The average molecular weight is 456 g/mol. The van der Waals surface area contributed by atoms with Crippen molar-refractivity contribution in [1.29, 1.82) is 5.26 Å². The highest BCUT2D eigenvalue weighted by atomic mass is 16.5. The number of benzene rings is 3. The number of pyridine rings is 2. The van der Waals surface area contributed by atoms with Crippen LogP contribution in [0.4, 0.5) is 0 Å². The van der Waals surface area contributed by atoms with Crippen LogP contribution in [-0.2, 0) is 6.61 Å². The Labute approximate surface area is 203 Å². The van der Waals surface area contributed by atoms with Crippen molar-refractivity contribution in [3.63, 3.8) is 0 Å². The van der Waals surface area contributed by atoms with Crippen molar-refractivity contribution in [2.24, 2.45) is 0 Å². The predicted octanol–water partition coefficient (Wildman–Crippen LogP) is 6.02. The smallest absolute Gasteiger partial charge is 0.263 e. The van der Waals surface area contributed by atoms with Gasteiger partial charge in [-0.25, -0.2) is 0 Å². The fourth-order valence-corrected chi connectivity index (χ4v) is 3.92. The third-order valence-corrected chi connectivity index (χ3v) is 5.66. The van der Waals surface area contributed by atoms with E-state index in [0.717, 1.165) is 16.8 Å². The van der Waals surface area contributed by atoms with Crippen LogP contribution in [0.3, 0.4) is 0 Å². The Morgan fingerprint density at radius 1 is 0.829 bits per heavy atom. The van der Waals surface area contributed by atoms with Gasteiger partial charge in [0.2, 0.25) is 0 Å². The first-order valence-corrected chi connectivity index (χ1v) is 11.2. The molecule has 5 nitrogen and oxygen atoms in total. The van der Waals surface area contributed by atoms with Crippen molar-refractivity contribution in [3.05, 3.63) is 137 Å². The van der Waals surface area contributed by atoms with Crippen LogP contribution in [0.5, 0.6) is 5.75 Å². The molecule has 0 unspecified atom stereocenters. The van der Waals surface area contributed by atoms with Crippen LogP contribution >= 0.6 is 0 Å². The Bertz CT molecular complexity index is 1570. The maximum absolute atomic E-state index is 13.7. The zero-order valence-electron chi connectivity index (χ0n) is 18.8. The van der Waals surface area contributed by atoms with Crippen LogP contribution < -0.4 is 10.3 Å². The van der Waals surface area contributed by atoms with Gasteiger partial charge in [-0.3, -0.25) is 14.3 Å². The first-order valence-electron chi connectivity index (χ1n) is 11.2. The molecule has 2 aromatic heterocycles. The maximum atomic E-state index is 13.7. The van der Waals surface area contributed by atoms with Crippen molar-refractivity contribution >= 4 is 0 Å². The van der Waals surface area contributed by atoms with Crippen LogP contribution in [0.25, 0.3) is 28.1 Å². The summed E-state index contributed by atoms with van der Waals surface area (Å²) in [6, 6.07) is 34.1. The van der Waals surface area contributed by atoms with Crippen LogP contribution in [-0.4, -0.2) is 9.55 Å². The Hall–Kier alpha value is -4.95. The number of hydrogen-bond acceptors (Lipinski definition) is 4. The van der Waals surface area contributed by atoms with Crippen LogP contribution in [0.2, 0.25) is 0 Å². The molecular weight excluding hydrogens is 434 g/mol. The number of nitrogens with zero attached hydrogens (tertiary/aromatic N) is 3. The van der Waals surface area contributed by atoms with Gasteiger partial charge in [0.15, 0.2) is 0 Å². The normalized spacial score (nSPS) is 10.5. The quantitative estimate of drug-likeness (QED) is 0.314. The number of ether oxygens (including phenoxy) is 1. The van der Waals surface area contributed by atoms with Crippen molar-refractivity contribution in [3.8, 4) is 39.9 Å². The summed E-state index contributed by atoms with van der Waals surface area (Å²) >= 11 is 0. The van der Waals surface area contributed by atoms with Gasteiger partial charge in [0.25, 0.3) is 5.56 Å². The maximum Gasteiger partial charge on any atom is 0.263 e. The van der Waals surface area contributed by atoms with Gasteiger partial charge in [-0.1, -0.05) is 60.7 Å². The molecule has 0 fully saturated rings. The van der Waals surface area contributed by atoms with Crippen LogP contribution in [0.15, 0.2) is 120 Å². The summed E-state index contributed by atoms with van der Waals surface area (Å²) in [7, 11) is 0. The monoisotopic (exact) mass is 455 g/mol. The zero-order chi connectivity index (χ0) is 24.0. The minimum atomic E-state index is -0.229. The molecule has 0 radical (unpaired) electrons. The lowest BCUT2D eigenvalue weighted by Crippen LogP contribution is -2.20. The number of hydrogen-bond donors (Lipinski definition) is 0. The molecule has 35 heavy (non-hydrogen) atoms. The van der Waals surface area contributed by atoms with E-state index in [9.17, 15) is 10.1 Å². The van der Waals surface area contributed by atoms with Gasteiger partial charge < -0.3 is 4.74 Å². The fraction of sp³-hybridized carbons (Fsp3) is 0.0333. The van der Waals surface area contributed by atoms with Gasteiger partial charge in [0.1, 0.15) is 12.4 Å². The van der Waals surface area contributed by atoms with Crippen molar-refractivity contribution in [2.45, 2.75) is 6.61 Å². The molecule has 0 aliphatic rings. The van der Waals surface area contributed by atoms with Crippen molar-refractivity contribution in [2.75, 3.05) is 0 Å². The molecule has 3 aromatic carbocycles. The third-order valence-electron chi connectivity index (χ3n) is 5.66. The molecule has 168 valence electrons. The molecular formula is C30H21N3O2. The first-order chi connectivity index (χ1) is 17.2. The lowest BCUT2D eigenvalue weighted by Gasteiger charge is -2.14. The summed E-state index contributed by atoms with van der Waals surface area (Å²) in [5, 5.41) is 9.65. The van der Waals surface area contributed by atoms with Gasteiger partial charge >= 0.3 is 0 Å². The molecule has 0 aliphatic carbocycles. The van der Waals surface area contributed by atoms with Gasteiger partial charge in [-0.15, -0.1) is 0 Å². The van der Waals surface area contributed by atoms with E-state index in [0.29, 0.717) is 34.7 Å². The molecule has 0 amide bonds. The summed E-state index contributed by atoms with van der Waals surface area (Å²) in [5.74, 6) is 0.653. The summed E-state index contributed by atoms with van der Waals surface area (Å²) < 4.78 is 7.58. The number of aromatic nitrogens is 2. The van der Waals surface area contributed by atoms with Gasteiger partial charge in [0, 0.05) is 35.2 Å². The molecule has 0 bridgehead atoms. The van der Waals surface area contributed by atoms with E-state index in [4.69, 9.17) is 4.74 Å². The zero-order valence-corrected chi connectivity index (χ0v) is 18.8. The van der Waals surface area contributed by atoms with Crippen molar-refractivity contribution < 1.29 is 4.74 Å². The third kappa shape index (κ3) is 4.73. The van der Waals surface area contributed by atoms with E-state index in [-0.39, 0.29) is 5.56 Å². The Kier molecular flexibility index (Phi) is 6.19. The summed E-state index contributed by atoms with van der Waals surface area (Å²) in [6.45, 7) is 0.425. The standard InChI is InChI=1S/C30H21N3O2/c31-19-23-11-4-5-14-27(23)28-17-24(29-15-6-7-16-32-29)20-33(30(28)34)25-12-8-13-26(18-25)35-21-22-9-2-1-3-10-22/h1-18,20H,21H2. The Morgan fingerprint density at radius 2 is 1.63 bits per heavy atom. The fourth-order valence-electron chi connectivity index (χ4n) is 3.92. The molecule has 5 aromatic rings. The average Bonchev–Trinajstić information content (AvgIpc) is 2.93. The van der Waals surface area contributed by atoms with E-state index in [1.807, 2.05) is 78.9 Å². The van der Waals surface area contributed by atoms with Gasteiger partial charge in [-0.2, -0.15) is 5.26 Å². The largest absolute Gasteiger partial charge is 0.489 e. The van der Waals surface area contributed by atoms with Crippen LogP contribution in [0.1, 0.15) is 11.1 Å². The predicted molar refractivity (Wildman–Crippen MR) is 136 cm³/mol. The minimum Gasteiger partial charge on any atom is -0.489 e. The van der Waals surface area contributed by atoms with E-state index in [1.54, 1.807) is 41.2 Å². The molecule has 0 saturated heterocycles. The van der Waals surface area contributed by atoms with Crippen molar-refractivity contribution in [1.82, 2.24) is 9.55 Å². The topological polar surface area (TPSA) is 67.9 Å². The SMILES string of the molecule is N#Cc1ccccc1-c1cc(-c2ccccn2)cn(-c2cccc(OCc3ccccc3)c2)c1=O. The summed E-state index contributed by atoms with van der Waals surface area (Å²) in [6.07, 6.45) is 3.49. The van der Waals surface area contributed by atoms with E-state index < -0.39 is 0 Å². The molecule has 0 aliphatic heterocycles. The molecule has 5 rings (SSSR count). The Balaban J connectivity index is 1.62. The Morgan fingerprint density at radius 3 is 2.43 bits per heavy atom. The molecule has 0 N–H and O–H groups in total. The highest BCUT2D eigenvalue weighted by Gasteiger charge is 2.15. The molecule has 5 heteroatoms. The number of nitriles is 1. The molecule has 0 atom stereocenters. The second-order valence-corrected chi connectivity index (χ2v) is 7.96. The lowest BCUT2D eigenvalue weighted by atomic mass is 9.99. The number of rotatable bonds is 6. The van der Waals surface area contributed by atoms with Crippen LogP contribution in [0, 0.1) is 11.3 Å². The van der Waals surface area contributed by atoms with E-state index >= 15 is 0 Å². The highest BCUT2D eigenvalue weighted by molar-refractivity contribution is 5.75. The highest BCUT2D eigenvalue weighted by Crippen LogP contribution is 2.27. The molecule has 0 saturated carbocycles.